The number of anilines is 1. The molecule has 0 N–H and O–H groups in total. The molecular formula is C20H26N4O. The summed E-state index contributed by atoms with van der Waals surface area (Å²) < 4.78 is 0. The van der Waals surface area contributed by atoms with Gasteiger partial charge in [0.25, 0.3) is 0 Å². The number of piperidine rings is 1. The number of nitrogens with zero attached hydrogens (tertiary/aromatic N) is 4. The summed E-state index contributed by atoms with van der Waals surface area (Å²) in [6.45, 7) is 2.68. The SMILES string of the molecule is CN(C)c1ncc(CN2CCC[C@@H](C(=O)Cc3ccccc3)C2)cn1. The fraction of sp³-hybridized carbons (Fsp3) is 0.450. The van der Waals surface area contributed by atoms with Gasteiger partial charge in [0.1, 0.15) is 5.78 Å². The molecule has 2 aromatic rings. The lowest BCUT2D eigenvalue weighted by molar-refractivity contribution is -0.123. The number of aromatic nitrogens is 2. The van der Waals surface area contributed by atoms with E-state index in [1.54, 1.807) is 0 Å². The summed E-state index contributed by atoms with van der Waals surface area (Å²) in [5.41, 5.74) is 2.21. The van der Waals surface area contributed by atoms with Crippen LogP contribution in [0.1, 0.15) is 24.0 Å². The van der Waals surface area contributed by atoms with Gasteiger partial charge in [-0.15, -0.1) is 0 Å². The van der Waals surface area contributed by atoms with Crippen molar-refractivity contribution in [3.63, 3.8) is 0 Å². The van der Waals surface area contributed by atoms with E-state index in [1.165, 1.54) is 0 Å². The van der Waals surface area contributed by atoms with Crippen molar-refractivity contribution in [1.82, 2.24) is 14.9 Å². The first kappa shape index (κ1) is 17.5. The van der Waals surface area contributed by atoms with Crippen molar-refractivity contribution in [3.05, 3.63) is 53.9 Å². The minimum Gasteiger partial charge on any atom is -0.347 e. The van der Waals surface area contributed by atoms with E-state index in [4.69, 9.17) is 0 Å². The van der Waals surface area contributed by atoms with E-state index >= 15 is 0 Å². The zero-order chi connectivity index (χ0) is 17.6. The Balaban J connectivity index is 1.56. The van der Waals surface area contributed by atoms with Crippen molar-refractivity contribution in [3.8, 4) is 0 Å². The van der Waals surface area contributed by atoms with Gasteiger partial charge >= 0.3 is 0 Å². The molecule has 132 valence electrons. The highest BCUT2D eigenvalue weighted by Gasteiger charge is 2.25. The normalized spacial score (nSPS) is 18.1. The molecule has 5 nitrogen and oxygen atoms in total. The summed E-state index contributed by atoms with van der Waals surface area (Å²) in [6.07, 6.45) is 6.38. The highest BCUT2D eigenvalue weighted by atomic mass is 16.1. The van der Waals surface area contributed by atoms with Crippen LogP contribution in [0.25, 0.3) is 0 Å². The standard InChI is InChI=1S/C20H26N4O/c1-23(2)20-21-12-17(13-22-20)14-24-10-6-9-18(15-24)19(25)11-16-7-4-3-5-8-16/h3-5,7-8,12-13,18H,6,9-11,14-15H2,1-2H3/t18-/m1/s1. The molecule has 1 saturated heterocycles. The first-order valence-electron chi connectivity index (χ1n) is 8.89. The van der Waals surface area contributed by atoms with Crippen LogP contribution in [0, 0.1) is 5.92 Å². The van der Waals surface area contributed by atoms with Crippen LogP contribution in [-0.2, 0) is 17.8 Å². The Bertz CT molecular complexity index is 685. The Kier molecular flexibility index (Phi) is 5.76. The van der Waals surface area contributed by atoms with Crippen LogP contribution >= 0.6 is 0 Å². The van der Waals surface area contributed by atoms with Crippen molar-refractivity contribution >= 4 is 11.7 Å². The van der Waals surface area contributed by atoms with Crippen molar-refractivity contribution in [2.45, 2.75) is 25.8 Å². The molecule has 0 bridgehead atoms. The van der Waals surface area contributed by atoms with Crippen LogP contribution < -0.4 is 4.90 Å². The van der Waals surface area contributed by atoms with E-state index in [9.17, 15) is 4.79 Å². The third-order valence-electron chi connectivity index (χ3n) is 4.68. The van der Waals surface area contributed by atoms with E-state index < -0.39 is 0 Å². The predicted molar refractivity (Wildman–Crippen MR) is 99.5 cm³/mol. The molecule has 1 fully saturated rings. The number of rotatable bonds is 6. The van der Waals surface area contributed by atoms with Crippen molar-refractivity contribution in [1.29, 1.82) is 0 Å². The molecule has 1 aliphatic rings. The molecular weight excluding hydrogens is 312 g/mol. The number of hydrogen-bond acceptors (Lipinski definition) is 5. The molecule has 3 rings (SSSR count). The average molecular weight is 338 g/mol. The lowest BCUT2D eigenvalue weighted by Gasteiger charge is -2.32. The Hall–Kier alpha value is -2.27. The summed E-state index contributed by atoms with van der Waals surface area (Å²) in [5.74, 6) is 1.21. The quantitative estimate of drug-likeness (QED) is 0.810. The second-order valence-electron chi connectivity index (χ2n) is 6.99. The van der Waals surface area contributed by atoms with Crippen LogP contribution in [0.15, 0.2) is 42.7 Å². The monoisotopic (exact) mass is 338 g/mol. The first-order chi connectivity index (χ1) is 12.1. The number of carbonyl (C=O) groups excluding carboxylic acids is 1. The molecule has 0 spiro atoms. The van der Waals surface area contributed by atoms with Gasteiger partial charge in [-0.3, -0.25) is 9.69 Å². The Morgan fingerprint density at radius 1 is 1.16 bits per heavy atom. The maximum absolute atomic E-state index is 12.6. The van der Waals surface area contributed by atoms with E-state index in [-0.39, 0.29) is 5.92 Å². The van der Waals surface area contributed by atoms with Gasteiger partial charge in [-0.05, 0) is 24.9 Å². The van der Waals surface area contributed by atoms with E-state index in [0.717, 1.165) is 49.6 Å². The van der Waals surface area contributed by atoms with Gasteiger partial charge in [0.05, 0.1) is 0 Å². The smallest absolute Gasteiger partial charge is 0.224 e. The Morgan fingerprint density at radius 3 is 2.56 bits per heavy atom. The number of benzene rings is 1. The van der Waals surface area contributed by atoms with Crippen molar-refractivity contribution < 1.29 is 4.79 Å². The molecule has 0 radical (unpaired) electrons. The lowest BCUT2D eigenvalue weighted by Crippen LogP contribution is -2.38. The van der Waals surface area contributed by atoms with E-state index in [1.807, 2.05) is 61.7 Å². The number of ketones is 1. The molecule has 1 aliphatic heterocycles. The molecule has 2 heterocycles. The molecule has 0 amide bonds. The fourth-order valence-corrected chi connectivity index (χ4v) is 3.32. The maximum atomic E-state index is 12.6. The summed E-state index contributed by atoms with van der Waals surface area (Å²) in [5, 5.41) is 0. The summed E-state index contributed by atoms with van der Waals surface area (Å²) in [6, 6.07) is 10.0. The van der Waals surface area contributed by atoms with Gasteiger partial charge in [0.15, 0.2) is 0 Å². The summed E-state index contributed by atoms with van der Waals surface area (Å²) in [4.78, 5) is 25.6. The minimum atomic E-state index is 0.135. The van der Waals surface area contributed by atoms with Crippen molar-refractivity contribution in [2.75, 3.05) is 32.1 Å². The Morgan fingerprint density at radius 2 is 1.88 bits per heavy atom. The van der Waals surface area contributed by atoms with E-state index in [0.29, 0.717) is 12.2 Å². The van der Waals surface area contributed by atoms with Crippen LogP contribution in [0.4, 0.5) is 5.95 Å². The van der Waals surface area contributed by atoms with Gasteiger partial charge in [-0.2, -0.15) is 0 Å². The molecule has 0 saturated carbocycles. The molecule has 1 atom stereocenters. The lowest BCUT2D eigenvalue weighted by atomic mass is 9.90. The summed E-state index contributed by atoms with van der Waals surface area (Å²) >= 11 is 0. The minimum absolute atomic E-state index is 0.135. The second kappa shape index (κ2) is 8.21. The third-order valence-corrected chi connectivity index (χ3v) is 4.68. The molecule has 5 heteroatoms. The molecule has 0 aliphatic carbocycles. The van der Waals surface area contributed by atoms with Gasteiger partial charge in [0, 0.05) is 57.5 Å². The topological polar surface area (TPSA) is 49.3 Å². The number of Topliss-reactive ketones (excluding diaryl/α,β-unsaturated/α-hetero) is 1. The fourth-order valence-electron chi connectivity index (χ4n) is 3.32. The largest absolute Gasteiger partial charge is 0.347 e. The Labute approximate surface area is 149 Å². The van der Waals surface area contributed by atoms with Crippen LogP contribution in [-0.4, -0.2) is 47.8 Å². The van der Waals surface area contributed by atoms with Crippen LogP contribution in [0.5, 0.6) is 0 Å². The molecule has 25 heavy (non-hydrogen) atoms. The molecule has 0 unspecified atom stereocenters. The number of likely N-dealkylation sites (tertiary alicyclic amines) is 1. The number of carbonyl (C=O) groups is 1. The molecule has 1 aromatic carbocycles. The van der Waals surface area contributed by atoms with E-state index in [2.05, 4.69) is 14.9 Å². The zero-order valence-corrected chi connectivity index (χ0v) is 15.1. The van der Waals surface area contributed by atoms with Crippen LogP contribution in [0.2, 0.25) is 0 Å². The highest BCUT2D eigenvalue weighted by Crippen LogP contribution is 2.21. The number of hydrogen-bond donors (Lipinski definition) is 0. The predicted octanol–water partition coefficient (Wildman–Crippen LogP) is 2.57. The highest BCUT2D eigenvalue weighted by molar-refractivity contribution is 5.83. The van der Waals surface area contributed by atoms with Crippen molar-refractivity contribution in [2.24, 2.45) is 5.92 Å². The third kappa shape index (κ3) is 4.86. The maximum Gasteiger partial charge on any atom is 0.224 e. The average Bonchev–Trinajstić information content (AvgIpc) is 2.63. The van der Waals surface area contributed by atoms with Gasteiger partial charge < -0.3 is 4.90 Å². The zero-order valence-electron chi connectivity index (χ0n) is 15.1. The summed E-state index contributed by atoms with van der Waals surface area (Å²) in [7, 11) is 3.87. The second-order valence-corrected chi connectivity index (χ2v) is 6.99. The molecule has 1 aromatic heterocycles. The first-order valence-corrected chi connectivity index (χ1v) is 8.89. The van der Waals surface area contributed by atoms with Gasteiger partial charge in [-0.1, -0.05) is 30.3 Å². The van der Waals surface area contributed by atoms with Gasteiger partial charge in [0.2, 0.25) is 5.95 Å². The van der Waals surface area contributed by atoms with Gasteiger partial charge in [-0.25, -0.2) is 9.97 Å². The van der Waals surface area contributed by atoms with Crippen LogP contribution in [0.3, 0.4) is 0 Å².